The lowest BCUT2D eigenvalue weighted by molar-refractivity contribution is -0.122. The number of benzene rings is 2. The molecular formula is C21H17FI2N2O2S. The first-order valence-electron chi connectivity index (χ1n) is 8.71. The van der Waals surface area contributed by atoms with Crippen molar-refractivity contribution in [3.63, 3.8) is 0 Å². The summed E-state index contributed by atoms with van der Waals surface area (Å²) in [7, 11) is 0. The summed E-state index contributed by atoms with van der Waals surface area (Å²) in [5, 5.41) is 0.589. The molecule has 0 aliphatic carbocycles. The quantitative estimate of drug-likeness (QED) is 0.215. The summed E-state index contributed by atoms with van der Waals surface area (Å²) in [5.41, 5.74) is 1.52. The molecule has 0 spiro atoms. The van der Waals surface area contributed by atoms with E-state index in [1.807, 2.05) is 25.1 Å². The van der Waals surface area contributed by atoms with Gasteiger partial charge in [0.15, 0.2) is 5.17 Å². The number of likely N-dealkylation sites (N-methyl/N-ethyl adjacent to an activating group) is 1. The van der Waals surface area contributed by atoms with E-state index < -0.39 is 0 Å². The molecule has 4 nitrogen and oxygen atoms in total. The Morgan fingerprint density at radius 2 is 1.90 bits per heavy atom. The van der Waals surface area contributed by atoms with Crippen LogP contribution in [-0.2, 0) is 4.79 Å². The van der Waals surface area contributed by atoms with E-state index in [1.54, 1.807) is 23.1 Å². The van der Waals surface area contributed by atoms with Crippen molar-refractivity contribution in [3.8, 4) is 5.75 Å². The highest BCUT2D eigenvalue weighted by molar-refractivity contribution is 14.1. The lowest BCUT2D eigenvalue weighted by Gasteiger charge is -2.12. The fourth-order valence-electron chi connectivity index (χ4n) is 2.59. The van der Waals surface area contributed by atoms with Crippen LogP contribution in [0.2, 0.25) is 0 Å². The van der Waals surface area contributed by atoms with Crippen molar-refractivity contribution in [2.24, 2.45) is 4.99 Å². The Morgan fingerprint density at radius 1 is 1.24 bits per heavy atom. The van der Waals surface area contributed by atoms with E-state index >= 15 is 0 Å². The zero-order valence-electron chi connectivity index (χ0n) is 15.5. The molecule has 1 aliphatic rings. The molecule has 2 aromatic carbocycles. The van der Waals surface area contributed by atoms with Gasteiger partial charge in [0, 0.05) is 6.54 Å². The van der Waals surface area contributed by atoms with Crippen LogP contribution in [0.5, 0.6) is 5.75 Å². The van der Waals surface area contributed by atoms with Crippen LogP contribution in [0.3, 0.4) is 0 Å². The molecule has 1 heterocycles. The van der Waals surface area contributed by atoms with E-state index in [1.165, 1.54) is 23.9 Å². The number of amidine groups is 1. The molecule has 1 fully saturated rings. The van der Waals surface area contributed by atoms with Gasteiger partial charge in [0.25, 0.3) is 5.91 Å². The van der Waals surface area contributed by atoms with Crippen molar-refractivity contribution in [1.82, 2.24) is 4.90 Å². The zero-order valence-corrected chi connectivity index (χ0v) is 20.6. The van der Waals surface area contributed by atoms with Gasteiger partial charge < -0.3 is 4.74 Å². The van der Waals surface area contributed by atoms with E-state index in [9.17, 15) is 9.18 Å². The van der Waals surface area contributed by atoms with Crippen molar-refractivity contribution < 1.29 is 13.9 Å². The van der Waals surface area contributed by atoms with Crippen molar-refractivity contribution in [2.45, 2.75) is 6.92 Å². The predicted molar refractivity (Wildman–Crippen MR) is 134 cm³/mol. The van der Waals surface area contributed by atoms with Crippen molar-refractivity contribution in [1.29, 1.82) is 0 Å². The van der Waals surface area contributed by atoms with E-state index in [0.717, 1.165) is 18.5 Å². The Hall–Kier alpha value is -1.40. The van der Waals surface area contributed by atoms with Crippen molar-refractivity contribution in [3.05, 3.63) is 72.5 Å². The van der Waals surface area contributed by atoms with Gasteiger partial charge in [0.05, 0.1) is 17.7 Å². The minimum Gasteiger partial charge on any atom is -0.487 e. The van der Waals surface area contributed by atoms with Crippen molar-refractivity contribution in [2.75, 3.05) is 13.2 Å². The maximum Gasteiger partial charge on any atom is 0.266 e. The molecule has 1 aliphatic heterocycles. The largest absolute Gasteiger partial charge is 0.487 e. The number of ether oxygens (including phenoxy) is 1. The third-order valence-electron chi connectivity index (χ3n) is 3.92. The highest BCUT2D eigenvalue weighted by Crippen LogP contribution is 2.36. The van der Waals surface area contributed by atoms with Crippen molar-refractivity contribution >= 4 is 79.8 Å². The van der Waals surface area contributed by atoms with Crippen LogP contribution in [0.25, 0.3) is 6.08 Å². The van der Waals surface area contributed by atoms with Gasteiger partial charge in [0.1, 0.15) is 18.2 Å². The first kappa shape index (κ1) is 22.3. The third kappa shape index (κ3) is 5.40. The number of hydrogen-bond donors (Lipinski definition) is 0. The molecule has 0 atom stereocenters. The lowest BCUT2D eigenvalue weighted by Crippen LogP contribution is -2.28. The van der Waals surface area contributed by atoms with Crippen LogP contribution in [0, 0.1) is 13.0 Å². The SMILES string of the molecule is C=CCOc1c(I)cc(/C=C2/SC(=Nc3ccc(F)cc3)N(CC)C2=O)cc1I. The van der Waals surface area contributed by atoms with Crippen LogP contribution in [0.4, 0.5) is 10.1 Å². The number of aliphatic imine (C=N–C) groups is 1. The van der Waals surface area contributed by atoms with Crippen LogP contribution < -0.4 is 4.74 Å². The summed E-state index contributed by atoms with van der Waals surface area (Å²) < 4.78 is 20.8. The van der Waals surface area contributed by atoms with Gasteiger partial charge in [-0.05, 0) is 112 Å². The lowest BCUT2D eigenvalue weighted by atomic mass is 10.2. The number of rotatable bonds is 6. The minimum absolute atomic E-state index is 0.0876. The molecule has 0 N–H and O–H groups in total. The number of thioether (sulfide) groups is 1. The molecule has 0 aromatic heterocycles. The standard InChI is InChI=1S/C21H17FI2N2O2S/c1-3-9-28-19-16(23)10-13(11-17(19)24)12-18-20(27)26(4-2)21(29-18)25-15-7-5-14(22)6-8-15/h3,5-8,10-12H,1,4,9H2,2H3/b18-12+,25-21?. The van der Waals surface area contributed by atoms with Gasteiger partial charge >= 0.3 is 0 Å². The average molecular weight is 634 g/mol. The molecule has 3 rings (SSSR count). The van der Waals surface area contributed by atoms with Crippen LogP contribution in [-0.4, -0.2) is 29.1 Å². The maximum absolute atomic E-state index is 13.1. The molecule has 1 saturated heterocycles. The fourth-order valence-corrected chi connectivity index (χ4v) is 5.78. The van der Waals surface area contributed by atoms with E-state index in [-0.39, 0.29) is 11.7 Å². The Balaban J connectivity index is 1.91. The van der Waals surface area contributed by atoms with Gasteiger partial charge in [-0.3, -0.25) is 9.69 Å². The highest BCUT2D eigenvalue weighted by Gasteiger charge is 2.32. The van der Waals surface area contributed by atoms with Gasteiger partial charge in [0.2, 0.25) is 0 Å². The fraction of sp³-hybridized carbons (Fsp3) is 0.143. The van der Waals surface area contributed by atoms with Crippen LogP contribution in [0.1, 0.15) is 12.5 Å². The Kier molecular flexibility index (Phi) is 7.74. The molecule has 0 unspecified atom stereocenters. The molecule has 0 saturated carbocycles. The summed E-state index contributed by atoms with van der Waals surface area (Å²) in [6, 6.07) is 9.85. The topological polar surface area (TPSA) is 41.9 Å². The second kappa shape index (κ2) is 10.1. The van der Waals surface area contributed by atoms with E-state index in [0.29, 0.717) is 28.9 Å². The Morgan fingerprint density at radius 3 is 2.48 bits per heavy atom. The molecule has 0 radical (unpaired) electrons. The van der Waals surface area contributed by atoms with Gasteiger partial charge in [-0.25, -0.2) is 9.38 Å². The Bertz CT molecular complexity index is 983. The number of amides is 1. The van der Waals surface area contributed by atoms with Crippen LogP contribution in [0.15, 0.2) is 59.0 Å². The second-order valence-electron chi connectivity index (χ2n) is 5.94. The molecular weight excluding hydrogens is 617 g/mol. The highest BCUT2D eigenvalue weighted by atomic mass is 127. The minimum atomic E-state index is -0.318. The van der Waals surface area contributed by atoms with Gasteiger partial charge in [-0.2, -0.15) is 0 Å². The smallest absolute Gasteiger partial charge is 0.266 e. The Labute approximate surface area is 200 Å². The molecule has 150 valence electrons. The summed E-state index contributed by atoms with van der Waals surface area (Å²) in [4.78, 5) is 19.6. The zero-order chi connectivity index (χ0) is 21.0. The molecule has 2 aromatic rings. The average Bonchev–Trinajstić information content (AvgIpc) is 2.97. The maximum atomic E-state index is 13.1. The summed E-state index contributed by atoms with van der Waals surface area (Å²) in [6.45, 7) is 6.52. The molecule has 1 amide bonds. The van der Waals surface area contributed by atoms with Crippen LogP contribution >= 0.6 is 56.9 Å². The summed E-state index contributed by atoms with van der Waals surface area (Å²) in [6.07, 6.45) is 3.57. The summed E-state index contributed by atoms with van der Waals surface area (Å²) >= 11 is 5.77. The number of hydrogen-bond acceptors (Lipinski definition) is 4. The number of halogens is 3. The molecule has 0 bridgehead atoms. The number of carbonyl (C=O) groups is 1. The molecule has 29 heavy (non-hydrogen) atoms. The first-order valence-corrected chi connectivity index (χ1v) is 11.7. The monoisotopic (exact) mass is 634 g/mol. The molecule has 8 heteroatoms. The van der Waals surface area contributed by atoms with E-state index in [4.69, 9.17) is 4.74 Å². The number of nitrogens with zero attached hydrogens (tertiary/aromatic N) is 2. The predicted octanol–water partition coefficient (Wildman–Crippen LogP) is 6.22. The van der Waals surface area contributed by atoms with E-state index in [2.05, 4.69) is 56.8 Å². The number of carbonyl (C=O) groups excluding carboxylic acids is 1. The second-order valence-corrected chi connectivity index (χ2v) is 9.28. The normalized spacial score (nSPS) is 16.7. The first-order chi connectivity index (χ1) is 13.9. The van der Waals surface area contributed by atoms with Gasteiger partial charge in [-0.1, -0.05) is 12.7 Å². The third-order valence-corrected chi connectivity index (χ3v) is 6.53. The summed E-state index contributed by atoms with van der Waals surface area (Å²) in [5.74, 6) is 0.407. The van der Waals surface area contributed by atoms with Gasteiger partial charge in [-0.15, -0.1) is 0 Å².